The average molecular weight is 347 g/mol. The smallest absolute Gasteiger partial charge is 0.416 e. The van der Waals surface area contributed by atoms with Crippen LogP contribution in [0, 0.1) is 5.92 Å². The predicted molar refractivity (Wildman–Crippen MR) is 89.5 cm³/mol. The number of nitrogens with zero attached hydrogens (tertiary/aromatic N) is 1. The van der Waals surface area contributed by atoms with Gasteiger partial charge in [0.05, 0.1) is 5.56 Å². The molecular formula is C20H20F3NO. The first kappa shape index (κ1) is 16.5. The average Bonchev–Trinajstić information content (AvgIpc) is 2.88. The van der Waals surface area contributed by atoms with Crippen LogP contribution in [-0.2, 0) is 6.18 Å². The summed E-state index contributed by atoms with van der Waals surface area (Å²) in [5.41, 5.74) is 1.64. The second-order valence-electron chi connectivity index (χ2n) is 7.11. The number of likely N-dealkylation sites (tertiary alicyclic amines) is 1. The first-order valence-electron chi connectivity index (χ1n) is 8.57. The van der Waals surface area contributed by atoms with Gasteiger partial charge in [0.1, 0.15) is 5.75 Å². The molecule has 132 valence electrons. The van der Waals surface area contributed by atoms with Gasteiger partial charge < -0.3 is 5.11 Å². The Balaban J connectivity index is 1.92. The van der Waals surface area contributed by atoms with Crippen molar-refractivity contribution < 1.29 is 18.3 Å². The molecule has 1 saturated heterocycles. The summed E-state index contributed by atoms with van der Waals surface area (Å²) in [6.45, 7) is 0.940. The van der Waals surface area contributed by atoms with Crippen LogP contribution in [0.2, 0.25) is 0 Å². The van der Waals surface area contributed by atoms with Crippen molar-refractivity contribution >= 4 is 0 Å². The van der Waals surface area contributed by atoms with Gasteiger partial charge >= 0.3 is 6.18 Å². The molecule has 1 heterocycles. The first-order valence-corrected chi connectivity index (χ1v) is 8.57. The zero-order valence-electron chi connectivity index (χ0n) is 13.9. The van der Waals surface area contributed by atoms with Gasteiger partial charge in [0.15, 0.2) is 0 Å². The van der Waals surface area contributed by atoms with E-state index < -0.39 is 11.7 Å². The highest BCUT2D eigenvalue weighted by Crippen LogP contribution is 2.56. The Labute approximate surface area is 144 Å². The van der Waals surface area contributed by atoms with Crippen molar-refractivity contribution in [3.05, 3.63) is 64.7 Å². The summed E-state index contributed by atoms with van der Waals surface area (Å²) >= 11 is 0. The van der Waals surface area contributed by atoms with Crippen molar-refractivity contribution in [3.63, 3.8) is 0 Å². The highest BCUT2D eigenvalue weighted by atomic mass is 19.4. The maximum absolute atomic E-state index is 13.6. The highest BCUT2D eigenvalue weighted by Gasteiger charge is 2.47. The van der Waals surface area contributed by atoms with Crippen LogP contribution in [0.15, 0.2) is 42.5 Å². The molecule has 0 amide bonds. The predicted octanol–water partition coefficient (Wildman–Crippen LogP) is 4.94. The number of aromatic hydroxyl groups is 1. The fourth-order valence-corrected chi connectivity index (χ4v) is 4.77. The summed E-state index contributed by atoms with van der Waals surface area (Å²) < 4.78 is 40.8. The van der Waals surface area contributed by atoms with Gasteiger partial charge in [-0.25, -0.2) is 0 Å². The Morgan fingerprint density at radius 2 is 1.80 bits per heavy atom. The Morgan fingerprint density at radius 3 is 2.56 bits per heavy atom. The van der Waals surface area contributed by atoms with E-state index in [0.29, 0.717) is 5.56 Å². The second-order valence-corrected chi connectivity index (χ2v) is 7.11. The molecule has 4 rings (SSSR count). The molecule has 25 heavy (non-hydrogen) atoms. The number of piperidine rings is 1. The van der Waals surface area contributed by atoms with Crippen LogP contribution in [-0.4, -0.2) is 23.6 Å². The third-order valence-corrected chi connectivity index (χ3v) is 5.68. The molecular weight excluding hydrogens is 327 g/mol. The third-order valence-electron chi connectivity index (χ3n) is 5.68. The lowest BCUT2D eigenvalue weighted by Crippen LogP contribution is -2.35. The van der Waals surface area contributed by atoms with Gasteiger partial charge in [-0.15, -0.1) is 0 Å². The van der Waals surface area contributed by atoms with Crippen LogP contribution < -0.4 is 0 Å². The van der Waals surface area contributed by atoms with Crippen molar-refractivity contribution in [1.82, 2.24) is 4.90 Å². The minimum atomic E-state index is -4.38. The maximum Gasteiger partial charge on any atom is 0.416 e. The normalized spacial score (nSPS) is 26.3. The number of hydrogen-bond donors (Lipinski definition) is 1. The SMILES string of the molecule is CN1CCCC2C(c3ccccc3C(F)(F)F)c3cc(O)ccc3C21. The summed E-state index contributed by atoms with van der Waals surface area (Å²) in [6, 6.07) is 11.1. The van der Waals surface area contributed by atoms with E-state index >= 15 is 0 Å². The highest BCUT2D eigenvalue weighted by molar-refractivity contribution is 5.51. The van der Waals surface area contributed by atoms with E-state index in [1.54, 1.807) is 24.3 Å². The number of phenols is 1. The number of alkyl halides is 3. The molecule has 1 aliphatic carbocycles. The summed E-state index contributed by atoms with van der Waals surface area (Å²) in [7, 11) is 2.03. The topological polar surface area (TPSA) is 23.5 Å². The van der Waals surface area contributed by atoms with E-state index in [4.69, 9.17) is 0 Å². The van der Waals surface area contributed by atoms with Gasteiger partial charge in [-0.1, -0.05) is 24.3 Å². The molecule has 3 atom stereocenters. The zero-order chi connectivity index (χ0) is 17.8. The quantitative estimate of drug-likeness (QED) is 0.790. The molecule has 1 aliphatic heterocycles. The lowest BCUT2D eigenvalue weighted by molar-refractivity contribution is -0.138. The largest absolute Gasteiger partial charge is 0.508 e. The Kier molecular flexibility index (Phi) is 3.80. The Morgan fingerprint density at radius 1 is 1.04 bits per heavy atom. The van der Waals surface area contributed by atoms with Gasteiger partial charge in [0.2, 0.25) is 0 Å². The van der Waals surface area contributed by atoms with Crippen molar-refractivity contribution in [2.75, 3.05) is 13.6 Å². The molecule has 0 spiro atoms. The van der Waals surface area contributed by atoms with Gasteiger partial charge in [-0.2, -0.15) is 13.2 Å². The van der Waals surface area contributed by atoms with E-state index in [0.717, 1.165) is 36.6 Å². The van der Waals surface area contributed by atoms with Crippen LogP contribution in [0.3, 0.4) is 0 Å². The fraction of sp³-hybridized carbons (Fsp3) is 0.400. The van der Waals surface area contributed by atoms with Crippen LogP contribution in [0.5, 0.6) is 5.75 Å². The standard InChI is InChI=1S/C20H20F3NO/c1-24-10-4-6-15-18(14-5-2-3-7-17(14)20(21,22)23)16-11-12(25)8-9-13(16)19(15)24/h2-3,5,7-9,11,15,18-19,25H,4,6,10H2,1H3. The zero-order valence-corrected chi connectivity index (χ0v) is 13.9. The summed E-state index contributed by atoms with van der Waals surface area (Å²) in [5, 5.41) is 9.95. The van der Waals surface area contributed by atoms with Gasteiger partial charge in [0.25, 0.3) is 0 Å². The molecule has 0 bridgehead atoms. The van der Waals surface area contributed by atoms with Crippen LogP contribution >= 0.6 is 0 Å². The maximum atomic E-state index is 13.6. The third kappa shape index (κ3) is 2.61. The Hall–Kier alpha value is -2.01. The van der Waals surface area contributed by atoms with Crippen molar-refractivity contribution in [2.24, 2.45) is 5.92 Å². The summed E-state index contributed by atoms with van der Waals surface area (Å²) in [4.78, 5) is 2.24. The van der Waals surface area contributed by atoms with E-state index in [2.05, 4.69) is 4.90 Å². The van der Waals surface area contributed by atoms with E-state index in [1.807, 2.05) is 13.1 Å². The van der Waals surface area contributed by atoms with Crippen molar-refractivity contribution in [3.8, 4) is 5.75 Å². The summed E-state index contributed by atoms with van der Waals surface area (Å²) in [6.07, 6.45) is -2.52. The Bertz CT molecular complexity index is 802. The van der Waals surface area contributed by atoms with Gasteiger partial charge in [0, 0.05) is 12.0 Å². The molecule has 1 fully saturated rings. The number of halogens is 3. The number of fused-ring (bicyclic) bond motifs is 3. The molecule has 5 heteroatoms. The lowest BCUT2D eigenvalue weighted by atomic mass is 9.78. The molecule has 0 saturated carbocycles. The second kappa shape index (κ2) is 5.77. The van der Waals surface area contributed by atoms with Crippen molar-refractivity contribution in [2.45, 2.75) is 31.0 Å². The van der Waals surface area contributed by atoms with Crippen molar-refractivity contribution in [1.29, 1.82) is 0 Å². The summed E-state index contributed by atoms with van der Waals surface area (Å²) in [5.74, 6) is -0.138. The molecule has 2 aromatic rings. The molecule has 2 aromatic carbocycles. The van der Waals surface area contributed by atoms with E-state index in [9.17, 15) is 18.3 Å². The molecule has 0 radical (unpaired) electrons. The van der Waals surface area contributed by atoms with Crippen LogP contribution in [0.25, 0.3) is 0 Å². The minimum absolute atomic E-state index is 0.0963. The fourth-order valence-electron chi connectivity index (χ4n) is 4.77. The molecule has 2 aliphatic rings. The molecule has 3 unspecified atom stereocenters. The molecule has 1 N–H and O–H groups in total. The van der Waals surface area contributed by atoms with Gasteiger partial charge in [-0.3, -0.25) is 4.90 Å². The monoisotopic (exact) mass is 347 g/mol. The number of benzene rings is 2. The number of phenolic OH excluding ortho intramolecular Hbond substituents is 1. The number of hydrogen-bond acceptors (Lipinski definition) is 2. The minimum Gasteiger partial charge on any atom is -0.508 e. The number of rotatable bonds is 1. The van der Waals surface area contributed by atoms with E-state index in [1.165, 1.54) is 6.07 Å². The molecule has 0 aromatic heterocycles. The van der Waals surface area contributed by atoms with Crippen LogP contribution in [0.4, 0.5) is 13.2 Å². The van der Waals surface area contributed by atoms with Gasteiger partial charge in [-0.05, 0) is 67.2 Å². The molecule has 2 nitrogen and oxygen atoms in total. The van der Waals surface area contributed by atoms with Crippen LogP contribution in [0.1, 0.15) is 47.1 Å². The first-order chi connectivity index (χ1) is 11.9. The van der Waals surface area contributed by atoms with E-state index in [-0.39, 0.29) is 23.6 Å². The lowest BCUT2D eigenvalue weighted by Gasteiger charge is -2.38.